The van der Waals surface area contributed by atoms with Crippen molar-refractivity contribution in [2.24, 2.45) is 0 Å². The molecule has 0 radical (unpaired) electrons. The van der Waals surface area contributed by atoms with Gasteiger partial charge in [-0.2, -0.15) is 11.8 Å². The minimum atomic E-state index is 0. The predicted molar refractivity (Wildman–Crippen MR) is 80.6 cm³/mol. The molecule has 0 spiro atoms. The number of nitrogens with one attached hydrogen (secondary N) is 1. The molecule has 2 nitrogen and oxygen atoms in total. The Balaban J connectivity index is 0.00000144. The van der Waals surface area contributed by atoms with E-state index in [4.69, 9.17) is 0 Å². The number of hydrogen-bond donors (Lipinski definition) is 1. The van der Waals surface area contributed by atoms with Gasteiger partial charge in [0, 0.05) is 31.1 Å². The van der Waals surface area contributed by atoms with Crippen LogP contribution in [0.15, 0.2) is 18.2 Å². The summed E-state index contributed by atoms with van der Waals surface area (Å²) in [6.45, 7) is 3.31. The molecule has 0 aromatic heterocycles. The highest BCUT2D eigenvalue weighted by Gasteiger charge is 2.14. The van der Waals surface area contributed by atoms with Gasteiger partial charge in [0.1, 0.15) is 0 Å². The van der Waals surface area contributed by atoms with E-state index in [2.05, 4.69) is 41.7 Å². The molecule has 0 atom stereocenters. The topological polar surface area (TPSA) is 15.3 Å². The highest BCUT2D eigenvalue weighted by atomic mass is 35.5. The molecule has 96 valence electrons. The van der Waals surface area contributed by atoms with Crippen LogP contribution < -0.4 is 5.32 Å². The molecule has 2 rings (SSSR count). The Labute approximate surface area is 115 Å². The van der Waals surface area contributed by atoms with Crippen LogP contribution in [0, 0.1) is 0 Å². The van der Waals surface area contributed by atoms with E-state index in [9.17, 15) is 0 Å². The van der Waals surface area contributed by atoms with Crippen molar-refractivity contribution >= 4 is 29.9 Å². The van der Waals surface area contributed by atoms with E-state index in [1.54, 1.807) is 0 Å². The number of thioether (sulfide) groups is 1. The molecular weight excluding hydrogens is 252 g/mol. The highest BCUT2D eigenvalue weighted by molar-refractivity contribution is 7.98. The number of para-hydroxylation sites is 1. The Morgan fingerprint density at radius 3 is 3.00 bits per heavy atom. The Morgan fingerprint density at radius 1 is 1.41 bits per heavy atom. The van der Waals surface area contributed by atoms with E-state index in [1.807, 2.05) is 11.8 Å². The van der Waals surface area contributed by atoms with Crippen molar-refractivity contribution in [2.45, 2.75) is 13.0 Å². The third-order valence-electron chi connectivity index (χ3n) is 3.05. The predicted octanol–water partition coefficient (Wildman–Crippen LogP) is 2.87. The summed E-state index contributed by atoms with van der Waals surface area (Å²) in [4.78, 5) is 2.39. The summed E-state index contributed by atoms with van der Waals surface area (Å²) >= 11 is 1.91. The number of rotatable bonds is 5. The molecule has 1 aromatic carbocycles. The summed E-state index contributed by atoms with van der Waals surface area (Å²) in [5.74, 6) is 1.21. The van der Waals surface area contributed by atoms with E-state index in [0.717, 1.165) is 19.6 Å². The van der Waals surface area contributed by atoms with Crippen molar-refractivity contribution in [3.63, 3.8) is 0 Å². The number of anilines is 1. The lowest BCUT2D eigenvalue weighted by Gasteiger charge is -2.18. The second-order valence-electron chi connectivity index (χ2n) is 4.36. The molecule has 0 fully saturated rings. The van der Waals surface area contributed by atoms with Crippen LogP contribution in [0.4, 0.5) is 5.69 Å². The fourth-order valence-corrected chi connectivity index (χ4v) is 2.65. The van der Waals surface area contributed by atoms with Gasteiger partial charge in [-0.15, -0.1) is 12.4 Å². The zero-order chi connectivity index (χ0) is 11.4. The van der Waals surface area contributed by atoms with Crippen LogP contribution >= 0.6 is 24.2 Å². The number of fused-ring (bicyclic) bond motifs is 1. The summed E-state index contributed by atoms with van der Waals surface area (Å²) in [5, 5.41) is 3.50. The van der Waals surface area contributed by atoms with Crippen molar-refractivity contribution < 1.29 is 0 Å². The van der Waals surface area contributed by atoms with Gasteiger partial charge in [0.25, 0.3) is 0 Å². The van der Waals surface area contributed by atoms with E-state index >= 15 is 0 Å². The zero-order valence-corrected chi connectivity index (χ0v) is 12.2. The Kier molecular flexibility index (Phi) is 6.17. The van der Waals surface area contributed by atoms with Gasteiger partial charge in [0.2, 0.25) is 0 Å². The molecule has 0 bridgehead atoms. The van der Waals surface area contributed by atoms with Gasteiger partial charge in [-0.1, -0.05) is 18.2 Å². The molecule has 0 saturated carbocycles. The lowest BCUT2D eigenvalue weighted by Crippen LogP contribution is -2.21. The minimum absolute atomic E-state index is 0. The van der Waals surface area contributed by atoms with Crippen LogP contribution in [-0.2, 0) is 13.0 Å². The van der Waals surface area contributed by atoms with Crippen molar-refractivity contribution in [3.05, 3.63) is 29.3 Å². The molecule has 1 aliphatic rings. The fraction of sp³-hybridized carbons (Fsp3) is 0.538. The number of halogens is 1. The van der Waals surface area contributed by atoms with Crippen molar-refractivity contribution in [3.8, 4) is 0 Å². The lowest BCUT2D eigenvalue weighted by atomic mass is 10.1. The Morgan fingerprint density at radius 2 is 2.24 bits per heavy atom. The summed E-state index contributed by atoms with van der Waals surface area (Å²) in [6.07, 6.45) is 3.34. The van der Waals surface area contributed by atoms with Gasteiger partial charge in [-0.05, 0) is 30.9 Å². The van der Waals surface area contributed by atoms with Gasteiger partial charge < -0.3 is 10.2 Å². The first-order chi connectivity index (χ1) is 7.81. The van der Waals surface area contributed by atoms with Crippen molar-refractivity contribution in [2.75, 3.05) is 37.5 Å². The molecule has 1 N–H and O–H groups in total. The quantitative estimate of drug-likeness (QED) is 0.887. The molecule has 4 heteroatoms. The van der Waals surface area contributed by atoms with Gasteiger partial charge in [-0.25, -0.2) is 0 Å². The van der Waals surface area contributed by atoms with E-state index in [0.29, 0.717) is 0 Å². The molecule has 0 saturated heterocycles. The van der Waals surface area contributed by atoms with Crippen molar-refractivity contribution in [1.82, 2.24) is 4.90 Å². The number of benzene rings is 1. The molecule has 0 unspecified atom stereocenters. The van der Waals surface area contributed by atoms with E-state index < -0.39 is 0 Å². The molecule has 0 amide bonds. The summed E-state index contributed by atoms with van der Waals surface area (Å²) in [6, 6.07) is 6.66. The standard InChI is InChI=1S/C13H20N2S.ClH/c1-15(8-9-16-2)10-12-5-3-4-11-6-7-14-13(11)12;/h3-5,14H,6-10H2,1-2H3;1H. The summed E-state index contributed by atoms with van der Waals surface area (Å²) < 4.78 is 0. The first kappa shape index (κ1) is 14.7. The minimum Gasteiger partial charge on any atom is -0.384 e. The van der Waals surface area contributed by atoms with Crippen molar-refractivity contribution in [1.29, 1.82) is 0 Å². The van der Waals surface area contributed by atoms with Crippen LogP contribution in [0.2, 0.25) is 0 Å². The van der Waals surface area contributed by atoms with Crippen LogP contribution in [0.25, 0.3) is 0 Å². The Hall–Kier alpha value is -0.380. The normalized spacial score (nSPS) is 13.1. The number of hydrogen-bond acceptors (Lipinski definition) is 3. The van der Waals surface area contributed by atoms with Gasteiger partial charge in [0.05, 0.1) is 0 Å². The summed E-state index contributed by atoms with van der Waals surface area (Å²) in [5.41, 5.74) is 4.31. The first-order valence-electron chi connectivity index (χ1n) is 5.83. The van der Waals surface area contributed by atoms with Gasteiger partial charge >= 0.3 is 0 Å². The van der Waals surface area contributed by atoms with Gasteiger partial charge in [-0.3, -0.25) is 0 Å². The summed E-state index contributed by atoms with van der Waals surface area (Å²) in [7, 11) is 2.20. The maximum absolute atomic E-state index is 3.50. The van der Waals surface area contributed by atoms with Crippen LogP contribution in [-0.4, -0.2) is 37.0 Å². The average Bonchev–Trinajstić information content (AvgIpc) is 2.75. The molecule has 1 aromatic rings. The first-order valence-corrected chi connectivity index (χ1v) is 7.23. The lowest BCUT2D eigenvalue weighted by molar-refractivity contribution is 0.349. The van der Waals surface area contributed by atoms with Crippen LogP contribution in [0.1, 0.15) is 11.1 Å². The maximum atomic E-state index is 3.50. The molecule has 0 aliphatic carbocycles. The molecular formula is C13H21ClN2S. The Bertz CT molecular complexity index is 357. The maximum Gasteiger partial charge on any atom is 0.0419 e. The second kappa shape index (κ2) is 7.14. The van der Waals surface area contributed by atoms with Crippen LogP contribution in [0.3, 0.4) is 0 Å². The smallest absolute Gasteiger partial charge is 0.0419 e. The van der Waals surface area contributed by atoms with E-state index in [-0.39, 0.29) is 12.4 Å². The molecule has 1 aliphatic heterocycles. The van der Waals surface area contributed by atoms with Crippen LogP contribution in [0.5, 0.6) is 0 Å². The number of nitrogens with zero attached hydrogens (tertiary/aromatic N) is 1. The second-order valence-corrected chi connectivity index (χ2v) is 5.34. The average molecular weight is 273 g/mol. The molecule has 17 heavy (non-hydrogen) atoms. The largest absolute Gasteiger partial charge is 0.384 e. The van der Waals surface area contributed by atoms with E-state index in [1.165, 1.54) is 29.0 Å². The fourth-order valence-electron chi connectivity index (χ4n) is 2.16. The monoisotopic (exact) mass is 272 g/mol. The third kappa shape index (κ3) is 3.80. The van der Waals surface area contributed by atoms with Gasteiger partial charge in [0.15, 0.2) is 0 Å². The third-order valence-corrected chi connectivity index (χ3v) is 3.64. The highest BCUT2D eigenvalue weighted by Crippen LogP contribution is 2.27. The zero-order valence-electron chi connectivity index (χ0n) is 10.5. The molecule has 1 heterocycles. The SMILES string of the molecule is CSCCN(C)Cc1cccc2c1NCC2.Cl.